The zero-order chi connectivity index (χ0) is 22.0. The van der Waals surface area contributed by atoms with Gasteiger partial charge < -0.3 is 24.8 Å². The van der Waals surface area contributed by atoms with Crippen LogP contribution < -0.4 is 24.8 Å². The summed E-state index contributed by atoms with van der Waals surface area (Å²) < 4.78 is 18.0. The van der Waals surface area contributed by atoms with Gasteiger partial charge >= 0.3 is 0 Å². The predicted octanol–water partition coefficient (Wildman–Crippen LogP) is 3.23. The number of methoxy groups -OCH3 is 3. The Hall–Kier alpha value is -4.01. The molecule has 4 rings (SSSR count). The van der Waals surface area contributed by atoms with Crippen molar-refractivity contribution in [2.45, 2.75) is 13.0 Å². The normalized spacial score (nSPS) is 15.0. The summed E-state index contributed by atoms with van der Waals surface area (Å²) in [5.74, 6) is 2.03. The van der Waals surface area contributed by atoms with E-state index in [0.29, 0.717) is 40.2 Å². The van der Waals surface area contributed by atoms with Crippen molar-refractivity contribution in [3.8, 4) is 17.2 Å². The molecule has 2 aromatic carbocycles. The van der Waals surface area contributed by atoms with Crippen LogP contribution in [0.4, 0.5) is 11.6 Å². The van der Waals surface area contributed by atoms with Crippen molar-refractivity contribution < 1.29 is 19.0 Å². The first-order valence-electron chi connectivity index (χ1n) is 9.61. The zero-order valence-corrected chi connectivity index (χ0v) is 17.7. The second kappa shape index (κ2) is 8.39. The monoisotopic (exact) mass is 421 g/mol. The number of benzene rings is 2. The molecular formula is C22H23N5O4. The average Bonchev–Trinajstić information content (AvgIpc) is 3.26. The minimum atomic E-state index is -0.585. The molecule has 3 aromatic rings. The van der Waals surface area contributed by atoms with Gasteiger partial charge in [0, 0.05) is 11.3 Å². The van der Waals surface area contributed by atoms with Crippen molar-refractivity contribution in [1.29, 1.82) is 0 Å². The van der Waals surface area contributed by atoms with E-state index in [9.17, 15) is 4.79 Å². The summed E-state index contributed by atoms with van der Waals surface area (Å²) in [5.41, 5.74) is 2.41. The Labute approximate surface area is 179 Å². The molecule has 0 saturated carbocycles. The van der Waals surface area contributed by atoms with Crippen molar-refractivity contribution in [2.24, 2.45) is 0 Å². The third kappa shape index (κ3) is 3.65. The van der Waals surface area contributed by atoms with E-state index >= 15 is 0 Å². The molecule has 9 heteroatoms. The van der Waals surface area contributed by atoms with Crippen LogP contribution in [0.25, 0.3) is 0 Å². The minimum Gasteiger partial charge on any atom is -0.497 e. The smallest absolute Gasteiger partial charge is 0.255 e. The molecule has 0 saturated heterocycles. The molecule has 0 aliphatic carbocycles. The predicted molar refractivity (Wildman–Crippen MR) is 116 cm³/mol. The highest BCUT2D eigenvalue weighted by Crippen LogP contribution is 2.40. The lowest BCUT2D eigenvalue weighted by Crippen LogP contribution is -2.31. The van der Waals surface area contributed by atoms with Crippen LogP contribution in [0.15, 0.2) is 60.1 Å². The molecule has 2 heterocycles. The number of rotatable bonds is 6. The lowest BCUT2D eigenvalue weighted by atomic mass is 9.94. The van der Waals surface area contributed by atoms with E-state index in [1.165, 1.54) is 6.33 Å². The van der Waals surface area contributed by atoms with Gasteiger partial charge in [-0.15, -0.1) is 0 Å². The number of para-hydroxylation sites is 2. The number of allylic oxidation sites excluding steroid dienone is 1. The standard InChI is InChI=1S/C22H23N5O4/c1-13-19(21(28)26-16-7-5-6-8-18(16)31-4)20(27-22(25-13)23-12-24-27)15-11-14(29-2)9-10-17(15)30-3/h5-12,20H,1-4H3,(H,26,28)(H,23,24,25)/t20-/m1/s1. The first kappa shape index (κ1) is 20.3. The van der Waals surface area contributed by atoms with Crippen molar-refractivity contribution in [3.05, 3.63) is 65.6 Å². The second-order valence-corrected chi connectivity index (χ2v) is 6.86. The Morgan fingerprint density at radius 3 is 2.58 bits per heavy atom. The fraction of sp³-hybridized carbons (Fsp3) is 0.227. The number of anilines is 2. The number of amides is 1. The molecule has 0 bridgehead atoms. The number of aromatic nitrogens is 3. The molecule has 9 nitrogen and oxygen atoms in total. The van der Waals surface area contributed by atoms with Gasteiger partial charge in [-0.1, -0.05) is 12.1 Å². The fourth-order valence-electron chi connectivity index (χ4n) is 3.66. The van der Waals surface area contributed by atoms with Crippen LogP contribution >= 0.6 is 0 Å². The summed E-state index contributed by atoms with van der Waals surface area (Å²) in [6.45, 7) is 1.83. The maximum Gasteiger partial charge on any atom is 0.255 e. The average molecular weight is 421 g/mol. The van der Waals surface area contributed by atoms with Crippen molar-refractivity contribution >= 4 is 17.5 Å². The van der Waals surface area contributed by atoms with Gasteiger partial charge in [-0.25, -0.2) is 4.68 Å². The highest BCUT2D eigenvalue weighted by atomic mass is 16.5. The Balaban J connectivity index is 1.83. The van der Waals surface area contributed by atoms with Crippen molar-refractivity contribution in [1.82, 2.24) is 14.8 Å². The molecule has 0 fully saturated rings. The Kier molecular flexibility index (Phi) is 5.48. The van der Waals surface area contributed by atoms with Gasteiger partial charge in [0.25, 0.3) is 5.91 Å². The zero-order valence-electron chi connectivity index (χ0n) is 17.7. The van der Waals surface area contributed by atoms with E-state index in [1.54, 1.807) is 50.3 Å². The molecule has 0 unspecified atom stereocenters. The Bertz CT molecular complexity index is 1150. The highest BCUT2D eigenvalue weighted by Gasteiger charge is 2.35. The molecule has 1 aliphatic rings. The molecule has 1 aromatic heterocycles. The summed E-state index contributed by atoms with van der Waals surface area (Å²) >= 11 is 0. The first-order valence-corrected chi connectivity index (χ1v) is 9.61. The summed E-state index contributed by atoms with van der Waals surface area (Å²) in [6.07, 6.45) is 1.44. The molecule has 160 valence electrons. The molecule has 1 atom stereocenters. The highest BCUT2D eigenvalue weighted by molar-refractivity contribution is 6.06. The van der Waals surface area contributed by atoms with Crippen molar-refractivity contribution in [2.75, 3.05) is 32.0 Å². The van der Waals surface area contributed by atoms with Crippen LogP contribution in [0.2, 0.25) is 0 Å². The van der Waals surface area contributed by atoms with Gasteiger partial charge in [0.05, 0.1) is 32.6 Å². The molecule has 1 aliphatic heterocycles. The van der Waals surface area contributed by atoms with Gasteiger partial charge in [-0.3, -0.25) is 4.79 Å². The van der Waals surface area contributed by atoms with Crippen LogP contribution in [0.3, 0.4) is 0 Å². The van der Waals surface area contributed by atoms with Gasteiger partial charge in [0.2, 0.25) is 5.95 Å². The van der Waals surface area contributed by atoms with Gasteiger partial charge in [0.15, 0.2) is 0 Å². The molecule has 1 amide bonds. The lowest BCUT2D eigenvalue weighted by Gasteiger charge is -2.29. The minimum absolute atomic E-state index is 0.300. The largest absolute Gasteiger partial charge is 0.497 e. The number of hydrogen-bond acceptors (Lipinski definition) is 7. The van der Waals surface area contributed by atoms with Gasteiger partial charge in [-0.2, -0.15) is 10.1 Å². The number of hydrogen-bond donors (Lipinski definition) is 2. The summed E-state index contributed by atoms with van der Waals surface area (Å²) in [4.78, 5) is 17.8. The van der Waals surface area contributed by atoms with E-state index in [4.69, 9.17) is 14.2 Å². The SMILES string of the molecule is COc1ccc(OC)c([C@@H]2C(C(=O)Nc3ccccc3OC)=C(C)Nc3ncnn32)c1. The second-order valence-electron chi connectivity index (χ2n) is 6.86. The Morgan fingerprint density at radius 1 is 1.06 bits per heavy atom. The van der Waals surface area contributed by atoms with E-state index in [1.807, 2.05) is 25.1 Å². The van der Waals surface area contributed by atoms with E-state index in [-0.39, 0.29) is 5.91 Å². The van der Waals surface area contributed by atoms with Crippen LogP contribution in [-0.4, -0.2) is 42.0 Å². The fourth-order valence-corrected chi connectivity index (χ4v) is 3.66. The van der Waals surface area contributed by atoms with Crippen molar-refractivity contribution in [3.63, 3.8) is 0 Å². The van der Waals surface area contributed by atoms with Crippen LogP contribution in [0.1, 0.15) is 18.5 Å². The van der Waals surface area contributed by atoms with E-state index < -0.39 is 6.04 Å². The maximum atomic E-state index is 13.5. The lowest BCUT2D eigenvalue weighted by molar-refractivity contribution is -0.113. The third-order valence-electron chi connectivity index (χ3n) is 5.13. The molecular weight excluding hydrogens is 398 g/mol. The summed E-state index contributed by atoms with van der Waals surface area (Å²) in [6, 6.07) is 12.1. The number of fused-ring (bicyclic) bond motifs is 1. The van der Waals surface area contributed by atoms with Crippen LogP contribution in [-0.2, 0) is 4.79 Å². The molecule has 31 heavy (non-hydrogen) atoms. The van der Waals surface area contributed by atoms with Gasteiger partial charge in [-0.05, 0) is 37.3 Å². The Morgan fingerprint density at radius 2 is 1.84 bits per heavy atom. The molecule has 0 radical (unpaired) electrons. The number of nitrogens with zero attached hydrogens (tertiary/aromatic N) is 3. The topological polar surface area (TPSA) is 99.5 Å². The molecule has 0 spiro atoms. The van der Waals surface area contributed by atoms with E-state index in [2.05, 4.69) is 20.7 Å². The van der Waals surface area contributed by atoms with E-state index in [0.717, 1.165) is 5.56 Å². The quantitative estimate of drug-likeness (QED) is 0.630. The number of carbonyl (C=O) groups is 1. The maximum absolute atomic E-state index is 13.5. The number of ether oxygens (including phenoxy) is 3. The third-order valence-corrected chi connectivity index (χ3v) is 5.13. The van der Waals surface area contributed by atoms with Gasteiger partial charge in [0.1, 0.15) is 29.6 Å². The molecule has 2 N–H and O–H groups in total. The summed E-state index contributed by atoms with van der Waals surface area (Å²) in [7, 11) is 4.73. The number of carbonyl (C=O) groups excluding carboxylic acids is 1. The number of nitrogens with one attached hydrogen (secondary N) is 2. The first-order chi connectivity index (χ1) is 15.1. The summed E-state index contributed by atoms with van der Waals surface area (Å²) in [5, 5.41) is 10.5. The van der Waals surface area contributed by atoms with Crippen LogP contribution in [0, 0.1) is 0 Å². The van der Waals surface area contributed by atoms with Crippen LogP contribution in [0.5, 0.6) is 17.2 Å².